The van der Waals surface area contributed by atoms with Crippen LogP contribution >= 0.6 is 15.9 Å². The Kier molecular flexibility index (Phi) is 6.10. The van der Waals surface area contributed by atoms with Crippen molar-refractivity contribution in [1.82, 2.24) is 9.88 Å². The van der Waals surface area contributed by atoms with E-state index < -0.39 is 17.7 Å². The molecule has 3 aromatic rings. The van der Waals surface area contributed by atoms with Gasteiger partial charge >= 0.3 is 0 Å². The number of aryl methyl sites for hydroxylation is 1. The topological polar surface area (TPSA) is 79.7 Å². The number of benzene rings is 2. The largest absolute Gasteiger partial charge is 0.507 e. The number of aliphatic hydroxyl groups is 1. The van der Waals surface area contributed by atoms with Gasteiger partial charge in [-0.15, -0.1) is 0 Å². The summed E-state index contributed by atoms with van der Waals surface area (Å²) < 4.78 is 6.05. The highest BCUT2D eigenvalue weighted by molar-refractivity contribution is 9.10. The summed E-state index contributed by atoms with van der Waals surface area (Å²) in [6.45, 7) is 2.01. The van der Waals surface area contributed by atoms with Crippen LogP contribution in [0.25, 0.3) is 5.76 Å². The molecule has 6 nitrogen and oxygen atoms in total. The maximum absolute atomic E-state index is 13.2. The SMILES string of the molecule is COc1ccc(C(O)=C2C(=O)C(=O)N(Cc3cccnc3)[C@H]2c2cccc(Br)c2)c(C)c1. The second kappa shape index (κ2) is 8.96. The quantitative estimate of drug-likeness (QED) is 0.314. The Morgan fingerprint density at radius 3 is 2.62 bits per heavy atom. The smallest absolute Gasteiger partial charge is 0.295 e. The third-order valence-corrected chi connectivity index (χ3v) is 5.96. The molecule has 32 heavy (non-hydrogen) atoms. The number of likely N-dealkylation sites (tertiary alicyclic amines) is 1. The van der Waals surface area contributed by atoms with E-state index in [2.05, 4.69) is 20.9 Å². The predicted octanol–water partition coefficient (Wildman–Crippen LogP) is 4.78. The number of hydrogen-bond acceptors (Lipinski definition) is 5. The fraction of sp³-hybridized carbons (Fsp3) is 0.160. The molecule has 1 aliphatic rings. The first kappa shape index (κ1) is 21.8. The zero-order chi connectivity index (χ0) is 22.8. The minimum absolute atomic E-state index is 0.0604. The Morgan fingerprint density at radius 1 is 1.16 bits per heavy atom. The van der Waals surface area contributed by atoms with Crippen molar-refractivity contribution in [2.24, 2.45) is 0 Å². The number of amides is 1. The molecular weight excluding hydrogens is 472 g/mol. The molecule has 0 aliphatic carbocycles. The number of ether oxygens (including phenoxy) is 1. The summed E-state index contributed by atoms with van der Waals surface area (Å²) in [4.78, 5) is 31.8. The first-order valence-corrected chi connectivity index (χ1v) is 10.8. The van der Waals surface area contributed by atoms with Crippen LogP contribution in [0, 0.1) is 6.92 Å². The van der Waals surface area contributed by atoms with Gasteiger partial charge in [-0.3, -0.25) is 14.6 Å². The van der Waals surface area contributed by atoms with Crippen molar-refractivity contribution in [3.63, 3.8) is 0 Å². The highest BCUT2D eigenvalue weighted by Crippen LogP contribution is 2.41. The van der Waals surface area contributed by atoms with Gasteiger partial charge in [-0.05, 0) is 60.0 Å². The molecule has 1 amide bonds. The molecule has 1 saturated heterocycles. The van der Waals surface area contributed by atoms with Crippen molar-refractivity contribution in [1.29, 1.82) is 0 Å². The Labute approximate surface area is 194 Å². The van der Waals surface area contributed by atoms with Crippen LogP contribution in [0.15, 0.2) is 77.0 Å². The Morgan fingerprint density at radius 2 is 1.97 bits per heavy atom. The van der Waals surface area contributed by atoms with Gasteiger partial charge in [-0.1, -0.05) is 34.1 Å². The van der Waals surface area contributed by atoms with Gasteiger partial charge in [0, 0.05) is 29.0 Å². The molecule has 7 heteroatoms. The summed E-state index contributed by atoms with van der Waals surface area (Å²) in [6.07, 6.45) is 3.31. The average molecular weight is 493 g/mol. The lowest BCUT2D eigenvalue weighted by molar-refractivity contribution is -0.140. The van der Waals surface area contributed by atoms with Crippen molar-refractivity contribution in [2.75, 3.05) is 7.11 Å². The summed E-state index contributed by atoms with van der Waals surface area (Å²) in [7, 11) is 1.56. The average Bonchev–Trinajstić information content (AvgIpc) is 3.04. The van der Waals surface area contributed by atoms with Crippen molar-refractivity contribution < 1.29 is 19.4 Å². The van der Waals surface area contributed by atoms with E-state index in [1.54, 1.807) is 43.8 Å². The molecule has 1 aromatic heterocycles. The van der Waals surface area contributed by atoms with Crippen LogP contribution in [0.5, 0.6) is 5.75 Å². The second-order valence-corrected chi connectivity index (χ2v) is 8.44. The van der Waals surface area contributed by atoms with Crippen molar-refractivity contribution in [3.8, 4) is 5.75 Å². The van der Waals surface area contributed by atoms with Gasteiger partial charge in [-0.2, -0.15) is 0 Å². The van der Waals surface area contributed by atoms with Crippen LogP contribution in [0.4, 0.5) is 0 Å². The summed E-state index contributed by atoms with van der Waals surface area (Å²) in [5.74, 6) is -0.945. The minimum atomic E-state index is -0.741. The molecule has 0 saturated carbocycles. The number of hydrogen-bond donors (Lipinski definition) is 1. The fourth-order valence-corrected chi connectivity index (χ4v) is 4.35. The number of carbonyl (C=O) groups excluding carboxylic acids is 2. The van der Waals surface area contributed by atoms with E-state index in [-0.39, 0.29) is 17.9 Å². The van der Waals surface area contributed by atoms with Crippen molar-refractivity contribution >= 4 is 33.4 Å². The lowest BCUT2D eigenvalue weighted by Gasteiger charge is -2.25. The van der Waals surface area contributed by atoms with E-state index >= 15 is 0 Å². The number of carbonyl (C=O) groups is 2. The number of Topliss-reactive ketones (excluding diaryl/α,β-unsaturated/α-hetero) is 1. The van der Waals surface area contributed by atoms with Crippen LogP contribution < -0.4 is 4.74 Å². The number of rotatable bonds is 5. The van der Waals surface area contributed by atoms with Gasteiger partial charge in [0.25, 0.3) is 11.7 Å². The number of pyridine rings is 1. The third kappa shape index (κ3) is 4.03. The number of halogens is 1. The molecule has 1 N–H and O–H groups in total. The molecule has 2 aromatic carbocycles. The minimum Gasteiger partial charge on any atom is -0.507 e. The highest BCUT2D eigenvalue weighted by Gasteiger charge is 2.46. The monoisotopic (exact) mass is 492 g/mol. The highest BCUT2D eigenvalue weighted by atomic mass is 79.9. The molecule has 1 atom stereocenters. The molecule has 162 valence electrons. The van der Waals surface area contributed by atoms with Gasteiger partial charge < -0.3 is 14.7 Å². The summed E-state index contributed by atoms with van der Waals surface area (Å²) in [5.41, 5.74) is 2.77. The first-order chi connectivity index (χ1) is 15.4. The van der Waals surface area contributed by atoms with E-state index in [0.717, 1.165) is 21.2 Å². The van der Waals surface area contributed by atoms with Crippen LogP contribution in [-0.4, -0.2) is 33.8 Å². The van der Waals surface area contributed by atoms with Gasteiger partial charge in [0.1, 0.15) is 11.5 Å². The zero-order valence-corrected chi connectivity index (χ0v) is 19.2. The lowest BCUT2D eigenvalue weighted by atomic mass is 9.94. The molecule has 1 aliphatic heterocycles. The maximum Gasteiger partial charge on any atom is 0.295 e. The predicted molar refractivity (Wildman–Crippen MR) is 124 cm³/mol. The number of methoxy groups -OCH3 is 1. The van der Waals surface area contributed by atoms with Gasteiger partial charge in [0.05, 0.1) is 18.7 Å². The number of aliphatic hydroxyl groups excluding tert-OH is 1. The Bertz CT molecular complexity index is 1220. The summed E-state index contributed by atoms with van der Waals surface area (Å²) >= 11 is 3.46. The molecule has 0 spiro atoms. The zero-order valence-electron chi connectivity index (χ0n) is 17.6. The lowest BCUT2D eigenvalue weighted by Crippen LogP contribution is -2.29. The second-order valence-electron chi connectivity index (χ2n) is 7.52. The van der Waals surface area contributed by atoms with E-state index in [0.29, 0.717) is 11.3 Å². The molecule has 0 bridgehead atoms. The molecule has 2 heterocycles. The Balaban J connectivity index is 1.88. The van der Waals surface area contributed by atoms with E-state index in [1.165, 1.54) is 4.90 Å². The van der Waals surface area contributed by atoms with Crippen molar-refractivity contribution in [2.45, 2.75) is 19.5 Å². The van der Waals surface area contributed by atoms with Gasteiger partial charge in [0.15, 0.2) is 0 Å². The standard InChI is InChI=1S/C25H21BrN2O4/c1-15-11-19(32-2)8-9-20(15)23(29)21-22(17-6-3-7-18(26)12-17)28(25(31)24(21)30)14-16-5-4-10-27-13-16/h3-13,22,29H,14H2,1-2H3/t22-/m0/s1. The van der Waals surface area contributed by atoms with Crippen LogP contribution in [0.1, 0.15) is 28.3 Å². The molecule has 0 radical (unpaired) electrons. The number of aromatic nitrogens is 1. The first-order valence-electron chi connectivity index (χ1n) is 9.98. The van der Waals surface area contributed by atoms with Crippen LogP contribution in [-0.2, 0) is 16.1 Å². The molecular formula is C25H21BrN2O4. The van der Waals surface area contributed by atoms with Crippen LogP contribution in [0.2, 0.25) is 0 Å². The third-order valence-electron chi connectivity index (χ3n) is 5.47. The maximum atomic E-state index is 13.2. The number of ketones is 1. The molecule has 4 rings (SSSR count). The van der Waals surface area contributed by atoms with Gasteiger partial charge in [-0.25, -0.2) is 0 Å². The van der Waals surface area contributed by atoms with Crippen molar-refractivity contribution in [3.05, 3.63) is 99.3 Å². The Hall–Kier alpha value is -3.45. The van der Waals surface area contributed by atoms with Crippen LogP contribution in [0.3, 0.4) is 0 Å². The summed E-state index contributed by atoms with van der Waals surface area (Å²) in [6, 6.07) is 15.4. The fourth-order valence-electron chi connectivity index (χ4n) is 3.93. The van der Waals surface area contributed by atoms with Gasteiger partial charge in [0.2, 0.25) is 0 Å². The molecule has 1 fully saturated rings. The van der Waals surface area contributed by atoms with E-state index in [9.17, 15) is 14.7 Å². The molecule has 0 unspecified atom stereocenters. The normalized spacial score (nSPS) is 17.6. The number of nitrogens with zero attached hydrogens (tertiary/aromatic N) is 2. The van der Waals surface area contributed by atoms with E-state index in [4.69, 9.17) is 4.74 Å². The summed E-state index contributed by atoms with van der Waals surface area (Å²) in [5, 5.41) is 11.3. The van der Waals surface area contributed by atoms with E-state index in [1.807, 2.05) is 37.3 Å².